The van der Waals surface area contributed by atoms with Gasteiger partial charge in [0.15, 0.2) is 0 Å². The van der Waals surface area contributed by atoms with E-state index in [1.165, 1.54) is 12.8 Å². The van der Waals surface area contributed by atoms with Gasteiger partial charge in [0.05, 0.1) is 12.8 Å². The standard InChI is InChI=1S/C14H24N2O2/c1-17-8-2-4-12(15)10-16(13-6-7-13)11-14-5-3-9-18-14/h3,5,9,12-13H,2,4,6-8,10-11,15H2,1H3. The van der Waals surface area contributed by atoms with Gasteiger partial charge in [-0.2, -0.15) is 0 Å². The van der Waals surface area contributed by atoms with E-state index in [-0.39, 0.29) is 6.04 Å². The Bertz CT molecular complexity index is 323. The number of methoxy groups -OCH3 is 1. The second kappa shape index (κ2) is 6.92. The highest BCUT2D eigenvalue weighted by Gasteiger charge is 2.30. The molecule has 18 heavy (non-hydrogen) atoms. The Balaban J connectivity index is 1.75. The van der Waals surface area contributed by atoms with Crippen molar-refractivity contribution in [1.82, 2.24) is 4.90 Å². The van der Waals surface area contributed by atoms with Gasteiger partial charge in [-0.3, -0.25) is 4.90 Å². The van der Waals surface area contributed by atoms with Gasteiger partial charge in [0.2, 0.25) is 0 Å². The number of nitrogens with zero attached hydrogens (tertiary/aromatic N) is 1. The second-order valence-corrected chi connectivity index (χ2v) is 5.14. The molecule has 1 heterocycles. The minimum absolute atomic E-state index is 0.232. The van der Waals surface area contributed by atoms with Gasteiger partial charge in [0, 0.05) is 32.3 Å². The normalized spacial score (nSPS) is 17.3. The highest BCUT2D eigenvalue weighted by Crippen LogP contribution is 2.28. The first kappa shape index (κ1) is 13.6. The molecule has 1 aliphatic rings. The maximum absolute atomic E-state index is 6.18. The van der Waals surface area contributed by atoms with E-state index in [4.69, 9.17) is 14.9 Å². The van der Waals surface area contributed by atoms with Gasteiger partial charge in [-0.25, -0.2) is 0 Å². The Labute approximate surface area is 109 Å². The van der Waals surface area contributed by atoms with Crippen molar-refractivity contribution in [3.63, 3.8) is 0 Å². The first-order valence-electron chi connectivity index (χ1n) is 6.80. The molecule has 1 atom stereocenters. The van der Waals surface area contributed by atoms with E-state index < -0.39 is 0 Å². The zero-order valence-corrected chi connectivity index (χ0v) is 11.2. The summed E-state index contributed by atoms with van der Waals surface area (Å²) in [6, 6.07) is 4.92. The van der Waals surface area contributed by atoms with Gasteiger partial charge >= 0.3 is 0 Å². The molecule has 4 heteroatoms. The first-order valence-corrected chi connectivity index (χ1v) is 6.80. The molecule has 0 saturated heterocycles. The van der Waals surface area contributed by atoms with Gasteiger partial charge in [-0.1, -0.05) is 0 Å². The van der Waals surface area contributed by atoms with Gasteiger partial charge < -0.3 is 14.9 Å². The van der Waals surface area contributed by atoms with E-state index in [0.717, 1.165) is 38.3 Å². The third-order valence-corrected chi connectivity index (χ3v) is 3.39. The van der Waals surface area contributed by atoms with Crippen LogP contribution < -0.4 is 5.73 Å². The Morgan fingerprint density at radius 1 is 1.56 bits per heavy atom. The van der Waals surface area contributed by atoms with Crippen molar-refractivity contribution >= 4 is 0 Å². The summed E-state index contributed by atoms with van der Waals surface area (Å²) >= 11 is 0. The van der Waals surface area contributed by atoms with Crippen LogP contribution in [0.3, 0.4) is 0 Å². The zero-order chi connectivity index (χ0) is 12.8. The fraction of sp³-hybridized carbons (Fsp3) is 0.714. The molecule has 1 aromatic heterocycles. The quantitative estimate of drug-likeness (QED) is 0.683. The third-order valence-electron chi connectivity index (χ3n) is 3.39. The predicted molar refractivity (Wildman–Crippen MR) is 71.2 cm³/mol. The third kappa shape index (κ3) is 4.44. The SMILES string of the molecule is COCCCC(N)CN(Cc1ccco1)C1CC1. The van der Waals surface area contributed by atoms with Crippen LogP contribution in [0.1, 0.15) is 31.4 Å². The number of furan rings is 1. The summed E-state index contributed by atoms with van der Waals surface area (Å²) in [5.74, 6) is 1.03. The number of nitrogens with two attached hydrogens (primary N) is 1. The molecule has 102 valence electrons. The van der Waals surface area contributed by atoms with Crippen LogP contribution in [-0.2, 0) is 11.3 Å². The first-order chi connectivity index (χ1) is 8.79. The van der Waals surface area contributed by atoms with Crippen LogP contribution in [-0.4, -0.2) is 37.2 Å². The Morgan fingerprint density at radius 3 is 3.00 bits per heavy atom. The molecule has 0 amide bonds. The molecule has 4 nitrogen and oxygen atoms in total. The summed E-state index contributed by atoms with van der Waals surface area (Å²) < 4.78 is 10.5. The lowest BCUT2D eigenvalue weighted by atomic mass is 10.1. The van der Waals surface area contributed by atoms with E-state index in [1.54, 1.807) is 13.4 Å². The molecule has 1 aliphatic carbocycles. The molecule has 2 N–H and O–H groups in total. The van der Waals surface area contributed by atoms with Crippen LogP contribution in [0.2, 0.25) is 0 Å². The maximum Gasteiger partial charge on any atom is 0.117 e. The summed E-state index contributed by atoms with van der Waals surface area (Å²) in [6.07, 6.45) is 6.39. The molecule has 0 radical (unpaired) electrons. The van der Waals surface area contributed by atoms with Crippen LogP contribution in [0.25, 0.3) is 0 Å². The van der Waals surface area contributed by atoms with Crippen LogP contribution in [0.15, 0.2) is 22.8 Å². The van der Waals surface area contributed by atoms with Crippen LogP contribution in [0.4, 0.5) is 0 Å². The van der Waals surface area contributed by atoms with Crippen molar-refractivity contribution in [2.45, 2.75) is 44.3 Å². The van der Waals surface area contributed by atoms with Crippen LogP contribution in [0, 0.1) is 0 Å². The summed E-state index contributed by atoms with van der Waals surface area (Å²) in [5, 5.41) is 0. The lowest BCUT2D eigenvalue weighted by molar-refractivity contribution is 0.180. The van der Waals surface area contributed by atoms with Crippen molar-refractivity contribution in [3.8, 4) is 0 Å². The molecular formula is C14H24N2O2. The van der Waals surface area contributed by atoms with Gasteiger partial charge in [0.1, 0.15) is 5.76 Å². The van der Waals surface area contributed by atoms with Gasteiger partial charge in [0.25, 0.3) is 0 Å². The molecule has 1 fully saturated rings. The number of ether oxygens (including phenoxy) is 1. The molecule has 1 aromatic rings. The molecule has 0 spiro atoms. The number of hydrogen-bond donors (Lipinski definition) is 1. The van der Waals surface area contributed by atoms with E-state index in [2.05, 4.69) is 4.90 Å². The molecular weight excluding hydrogens is 228 g/mol. The molecule has 0 bridgehead atoms. The van der Waals surface area contributed by atoms with E-state index in [1.807, 2.05) is 12.1 Å². The molecule has 0 aliphatic heterocycles. The van der Waals surface area contributed by atoms with Crippen LogP contribution in [0.5, 0.6) is 0 Å². The monoisotopic (exact) mass is 252 g/mol. The topological polar surface area (TPSA) is 51.6 Å². The number of hydrogen-bond acceptors (Lipinski definition) is 4. The highest BCUT2D eigenvalue weighted by molar-refractivity contribution is 5.00. The molecule has 0 aromatic carbocycles. The fourth-order valence-electron chi connectivity index (χ4n) is 2.27. The lowest BCUT2D eigenvalue weighted by Crippen LogP contribution is -2.38. The largest absolute Gasteiger partial charge is 0.468 e. The lowest BCUT2D eigenvalue weighted by Gasteiger charge is -2.24. The summed E-state index contributed by atoms with van der Waals surface area (Å²) in [4.78, 5) is 2.45. The molecule has 1 unspecified atom stereocenters. The minimum Gasteiger partial charge on any atom is -0.468 e. The highest BCUT2D eigenvalue weighted by atomic mass is 16.5. The smallest absolute Gasteiger partial charge is 0.117 e. The number of rotatable bonds is 9. The van der Waals surface area contributed by atoms with Crippen molar-refractivity contribution in [1.29, 1.82) is 0 Å². The van der Waals surface area contributed by atoms with E-state index in [9.17, 15) is 0 Å². The average molecular weight is 252 g/mol. The summed E-state index contributed by atoms with van der Waals surface area (Å²) in [7, 11) is 1.74. The maximum atomic E-state index is 6.18. The van der Waals surface area contributed by atoms with E-state index in [0.29, 0.717) is 6.04 Å². The van der Waals surface area contributed by atoms with Crippen LogP contribution >= 0.6 is 0 Å². The minimum atomic E-state index is 0.232. The second-order valence-electron chi connectivity index (χ2n) is 5.14. The van der Waals surface area contributed by atoms with Crippen molar-refractivity contribution in [3.05, 3.63) is 24.2 Å². The Kier molecular flexibility index (Phi) is 5.23. The van der Waals surface area contributed by atoms with E-state index >= 15 is 0 Å². The fourth-order valence-corrected chi connectivity index (χ4v) is 2.27. The van der Waals surface area contributed by atoms with Crippen molar-refractivity contribution in [2.75, 3.05) is 20.3 Å². The van der Waals surface area contributed by atoms with Crippen molar-refractivity contribution < 1.29 is 9.15 Å². The predicted octanol–water partition coefficient (Wildman–Crippen LogP) is 2.00. The van der Waals surface area contributed by atoms with Gasteiger partial charge in [-0.05, 0) is 37.8 Å². The average Bonchev–Trinajstić information content (AvgIpc) is 3.08. The summed E-state index contributed by atoms with van der Waals surface area (Å²) in [6.45, 7) is 2.64. The zero-order valence-electron chi connectivity index (χ0n) is 11.2. The van der Waals surface area contributed by atoms with Crippen molar-refractivity contribution in [2.24, 2.45) is 5.73 Å². The molecule has 2 rings (SSSR count). The Hall–Kier alpha value is -0.840. The Morgan fingerprint density at radius 2 is 2.39 bits per heavy atom. The summed E-state index contributed by atoms with van der Waals surface area (Å²) in [5.41, 5.74) is 6.18. The molecule has 1 saturated carbocycles. The van der Waals surface area contributed by atoms with Gasteiger partial charge in [-0.15, -0.1) is 0 Å².